The number of anilines is 1. The highest BCUT2D eigenvalue weighted by molar-refractivity contribution is 5.74. The van der Waals surface area contributed by atoms with Crippen molar-refractivity contribution < 1.29 is 14.9 Å². The second-order valence-electron chi connectivity index (χ2n) is 3.66. The van der Waals surface area contributed by atoms with Crippen LogP contribution < -0.4 is 11.0 Å². The molecule has 1 unspecified atom stereocenters. The van der Waals surface area contributed by atoms with Crippen molar-refractivity contribution in [3.8, 4) is 23.5 Å². The van der Waals surface area contributed by atoms with Gasteiger partial charge in [-0.1, -0.05) is 12.1 Å². The summed E-state index contributed by atoms with van der Waals surface area (Å²) in [6, 6.07) is 9.48. The van der Waals surface area contributed by atoms with Crippen molar-refractivity contribution in [3.05, 3.63) is 40.6 Å². The van der Waals surface area contributed by atoms with Crippen LogP contribution in [0.5, 0.6) is 0 Å². The fourth-order valence-corrected chi connectivity index (χ4v) is 1.66. The lowest BCUT2D eigenvalue weighted by Gasteiger charge is -2.11. The lowest BCUT2D eigenvalue weighted by Crippen LogP contribution is -2.99. The molecule has 7 heteroatoms. The third-order valence-corrected chi connectivity index (χ3v) is 2.53. The van der Waals surface area contributed by atoms with Crippen LogP contribution in [-0.2, 0) is 0 Å². The van der Waals surface area contributed by atoms with E-state index in [-0.39, 0.29) is 28.5 Å². The van der Waals surface area contributed by atoms with Gasteiger partial charge in [-0.3, -0.25) is 0 Å². The maximum Gasteiger partial charge on any atom is 0.210 e. The van der Waals surface area contributed by atoms with Crippen LogP contribution in [0.2, 0.25) is 0 Å². The predicted molar refractivity (Wildman–Crippen MR) is 63.8 cm³/mol. The second-order valence-corrected chi connectivity index (χ2v) is 3.66. The summed E-state index contributed by atoms with van der Waals surface area (Å²) in [5, 5.41) is 36.7. The number of furan rings is 1. The van der Waals surface area contributed by atoms with E-state index < -0.39 is 5.23 Å². The van der Waals surface area contributed by atoms with Gasteiger partial charge in [0.1, 0.15) is 23.3 Å². The van der Waals surface area contributed by atoms with Crippen LogP contribution in [0.4, 0.5) is 11.6 Å². The molecule has 1 atom stereocenters. The number of rotatable bonds is 2. The summed E-state index contributed by atoms with van der Waals surface area (Å²) in [6.07, 6.45) is 0. The lowest BCUT2D eigenvalue weighted by atomic mass is 10.1. The number of benzene rings is 1. The minimum absolute atomic E-state index is 0.00235. The average molecular weight is 256 g/mol. The molecule has 0 spiro atoms. The highest BCUT2D eigenvalue weighted by Crippen LogP contribution is 2.32. The maximum absolute atomic E-state index is 10.9. The first-order valence-corrected chi connectivity index (χ1v) is 5.14. The zero-order chi connectivity index (χ0) is 14.0. The minimum atomic E-state index is -1.10. The number of nitriles is 2. The van der Waals surface area contributed by atoms with Crippen molar-refractivity contribution in [2.75, 3.05) is 5.73 Å². The Morgan fingerprint density at radius 3 is 2.53 bits per heavy atom. The van der Waals surface area contributed by atoms with Gasteiger partial charge in [-0.05, 0) is 0 Å². The quantitative estimate of drug-likeness (QED) is 0.676. The van der Waals surface area contributed by atoms with Crippen LogP contribution in [-0.4, -0.2) is 5.21 Å². The Balaban J connectivity index is 2.64. The third-order valence-electron chi connectivity index (χ3n) is 2.53. The molecule has 0 aliphatic carbocycles. The van der Waals surface area contributed by atoms with Crippen molar-refractivity contribution in [3.63, 3.8) is 0 Å². The fourth-order valence-electron chi connectivity index (χ4n) is 1.66. The van der Waals surface area contributed by atoms with Crippen molar-refractivity contribution in [1.82, 2.24) is 0 Å². The molecule has 0 radical (unpaired) electrons. The fraction of sp³-hybridized carbons (Fsp3) is 0. The van der Waals surface area contributed by atoms with E-state index in [2.05, 4.69) is 0 Å². The number of nitrogens with two attached hydrogens (primary N) is 1. The lowest BCUT2D eigenvalue weighted by molar-refractivity contribution is -0.991. The van der Waals surface area contributed by atoms with E-state index in [1.54, 1.807) is 12.1 Å². The number of hydrogen-bond donors (Lipinski definition) is 3. The first-order valence-electron chi connectivity index (χ1n) is 5.14. The molecule has 0 amide bonds. The van der Waals surface area contributed by atoms with Gasteiger partial charge in [0, 0.05) is 17.7 Å². The zero-order valence-corrected chi connectivity index (χ0v) is 9.54. The predicted octanol–water partition coefficient (Wildman–Crippen LogP) is 0.676. The highest BCUT2D eigenvalue weighted by Gasteiger charge is 2.20. The van der Waals surface area contributed by atoms with Crippen LogP contribution in [0.25, 0.3) is 11.3 Å². The van der Waals surface area contributed by atoms with Gasteiger partial charge in [0.2, 0.25) is 5.88 Å². The Hall–Kier alpha value is -2.84. The Morgan fingerprint density at radius 2 is 1.95 bits per heavy atom. The summed E-state index contributed by atoms with van der Waals surface area (Å²) in [6.45, 7) is 0. The van der Waals surface area contributed by atoms with Gasteiger partial charge in [0.25, 0.3) is 0 Å². The van der Waals surface area contributed by atoms with Gasteiger partial charge in [0.05, 0.1) is 0 Å². The SMILES string of the molecule is N#Cc1c(N)oc(-c2cccc([NH+]([O-])O)c2)c1C#N. The molecule has 0 saturated heterocycles. The molecular weight excluding hydrogens is 248 g/mol. The number of quaternary nitrogens is 1. The van der Waals surface area contributed by atoms with Crippen LogP contribution in [0.1, 0.15) is 11.1 Å². The van der Waals surface area contributed by atoms with E-state index in [4.69, 9.17) is 25.9 Å². The molecule has 1 heterocycles. The summed E-state index contributed by atoms with van der Waals surface area (Å²) in [5.74, 6) is -0.0607. The second kappa shape index (κ2) is 4.80. The summed E-state index contributed by atoms with van der Waals surface area (Å²) in [7, 11) is 0. The van der Waals surface area contributed by atoms with Gasteiger partial charge in [-0.2, -0.15) is 15.8 Å². The van der Waals surface area contributed by atoms with Gasteiger partial charge in [0.15, 0.2) is 11.4 Å². The molecule has 1 aromatic heterocycles. The molecule has 4 N–H and O–H groups in total. The molecule has 2 rings (SSSR count). The van der Waals surface area contributed by atoms with E-state index in [0.29, 0.717) is 5.56 Å². The molecule has 2 aromatic rings. The molecule has 0 saturated carbocycles. The molecule has 19 heavy (non-hydrogen) atoms. The summed E-state index contributed by atoms with van der Waals surface area (Å²) in [5.41, 5.74) is 5.90. The monoisotopic (exact) mass is 256 g/mol. The topological polar surface area (TPSA) is 134 Å². The van der Waals surface area contributed by atoms with Crippen molar-refractivity contribution in [1.29, 1.82) is 10.5 Å². The van der Waals surface area contributed by atoms with Gasteiger partial charge in [-0.25, -0.2) is 5.21 Å². The molecule has 7 nitrogen and oxygen atoms in total. The number of nitrogens with one attached hydrogen (secondary N) is 1. The van der Waals surface area contributed by atoms with Gasteiger partial charge in [-0.15, -0.1) is 0 Å². The number of hydrogen-bond acceptors (Lipinski definition) is 6. The van der Waals surface area contributed by atoms with Crippen molar-refractivity contribution in [2.45, 2.75) is 0 Å². The van der Waals surface area contributed by atoms with Crippen molar-refractivity contribution >= 4 is 11.6 Å². The van der Waals surface area contributed by atoms with Crippen molar-refractivity contribution in [2.24, 2.45) is 0 Å². The van der Waals surface area contributed by atoms with E-state index in [1.807, 2.05) is 6.07 Å². The molecular formula is C12H8N4O3. The smallest absolute Gasteiger partial charge is 0.210 e. The molecule has 0 aliphatic rings. The average Bonchev–Trinajstić information content (AvgIpc) is 2.74. The van der Waals surface area contributed by atoms with Gasteiger partial charge < -0.3 is 15.4 Å². The van der Waals surface area contributed by atoms with E-state index in [9.17, 15) is 5.21 Å². The van der Waals surface area contributed by atoms with Crippen LogP contribution >= 0.6 is 0 Å². The van der Waals surface area contributed by atoms with E-state index in [1.165, 1.54) is 18.2 Å². The number of nitrogens with zero attached hydrogens (tertiary/aromatic N) is 2. The summed E-state index contributed by atoms with van der Waals surface area (Å²) >= 11 is 0. The van der Waals surface area contributed by atoms with Crippen LogP contribution in [0.3, 0.4) is 0 Å². The number of nitrogen functional groups attached to an aromatic ring is 1. The molecule has 1 aromatic carbocycles. The van der Waals surface area contributed by atoms with E-state index >= 15 is 0 Å². The first kappa shape index (κ1) is 12.6. The Labute approximate surface area is 107 Å². The standard InChI is InChI=1S/C12H8N4O3/c13-5-9-10(6-14)12(15)19-11(9)7-2-1-3-8(4-7)16(17)18/h1-4,16-17H,15H2. The highest BCUT2D eigenvalue weighted by atomic mass is 16.8. The van der Waals surface area contributed by atoms with Gasteiger partial charge >= 0.3 is 0 Å². The molecule has 94 valence electrons. The first-order chi connectivity index (χ1) is 9.08. The maximum atomic E-state index is 10.9. The minimum Gasteiger partial charge on any atom is -0.595 e. The van der Waals surface area contributed by atoms with E-state index in [0.717, 1.165) is 0 Å². The summed E-state index contributed by atoms with van der Waals surface area (Å²) < 4.78 is 5.19. The normalized spacial score (nSPS) is 11.6. The largest absolute Gasteiger partial charge is 0.595 e. The molecule has 0 fully saturated rings. The third kappa shape index (κ3) is 2.12. The Kier molecular flexibility index (Phi) is 3.19. The van der Waals surface area contributed by atoms with Crippen LogP contribution in [0, 0.1) is 27.9 Å². The van der Waals surface area contributed by atoms with Crippen LogP contribution in [0.15, 0.2) is 28.7 Å². The molecule has 0 bridgehead atoms. The zero-order valence-electron chi connectivity index (χ0n) is 9.54. The molecule has 0 aliphatic heterocycles. The Bertz CT molecular complexity index is 707. The summed E-state index contributed by atoms with van der Waals surface area (Å²) in [4.78, 5) is 0. The Morgan fingerprint density at radius 1 is 1.26 bits per heavy atom.